The molecule has 1 fully saturated rings. The summed E-state index contributed by atoms with van der Waals surface area (Å²) in [5.74, 6) is -0.631. The van der Waals surface area contributed by atoms with Gasteiger partial charge in [0, 0.05) is 6.04 Å². The molecule has 0 aliphatic heterocycles. The van der Waals surface area contributed by atoms with Crippen LogP contribution in [-0.2, 0) is 14.3 Å². The average molecular weight is 556 g/mol. The zero-order chi connectivity index (χ0) is 29.1. The summed E-state index contributed by atoms with van der Waals surface area (Å²) in [6.45, 7) is 15.1. The summed E-state index contributed by atoms with van der Waals surface area (Å²) in [7, 11) is 0. The summed E-state index contributed by atoms with van der Waals surface area (Å²) in [4.78, 5) is 42.9. The van der Waals surface area contributed by atoms with Gasteiger partial charge in [0.2, 0.25) is 5.91 Å². The number of hydrogen-bond donors (Lipinski definition) is 2. The highest BCUT2D eigenvalue weighted by Crippen LogP contribution is 2.42. The average Bonchev–Trinajstić information content (AvgIpc) is 3.57. The Morgan fingerprint density at radius 2 is 1.72 bits per heavy atom. The second-order valence-electron chi connectivity index (χ2n) is 11.8. The van der Waals surface area contributed by atoms with Crippen molar-refractivity contribution in [2.45, 2.75) is 92.0 Å². The number of hydrogen-bond acceptors (Lipinski definition) is 4. The molecule has 3 amide bonds. The highest BCUT2D eigenvalue weighted by molar-refractivity contribution is 6.34. The predicted molar refractivity (Wildman–Crippen MR) is 156 cm³/mol. The fourth-order valence-corrected chi connectivity index (χ4v) is 4.89. The van der Waals surface area contributed by atoms with Crippen LogP contribution in [0.15, 0.2) is 42.5 Å². The molecule has 1 aliphatic rings. The number of alkyl carbamates (subject to hydrolysis) is 1. The third-order valence-corrected chi connectivity index (χ3v) is 7.53. The monoisotopic (exact) mass is 555 g/mol. The number of carbonyl (C=O) groups excluding carboxylic acids is 3. The summed E-state index contributed by atoms with van der Waals surface area (Å²) < 4.78 is 5.49. The van der Waals surface area contributed by atoms with E-state index in [1.165, 1.54) is 0 Å². The van der Waals surface area contributed by atoms with Gasteiger partial charge in [-0.2, -0.15) is 0 Å². The van der Waals surface area contributed by atoms with Gasteiger partial charge < -0.3 is 20.3 Å². The minimum absolute atomic E-state index is 0.145. The van der Waals surface area contributed by atoms with Crippen LogP contribution >= 0.6 is 11.6 Å². The summed E-state index contributed by atoms with van der Waals surface area (Å²) >= 11 is 6.45. The minimum Gasteiger partial charge on any atom is -0.444 e. The van der Waals surface area contributed by atoms with Crippen LogP contribution < -0.4 is 10.6 Å². The number of carbonyl (C=O) groups is 3. The number of nitrogens with zero attached hydrogens (tertiary/aromatic N) is 1. The van der Waals surface area contributed by atoms with E-state index in [2.05, 4.69) is 17.6 Å². The first-order chi connectivity index (χ1) is 18.2. The lowest BCUT2D eigenvalue weighted by Gasteiger charge is -2.36. The van der Waals surface area contributed by atoms with E-state index in [4.69, 9.17) is 16.3 Å². The standard InChI is InChI=1S/C31H42ClN3O4/c1-9-19(3)26(34-30(38)39-31(6,7)8)29(37)35(24-17-21(24)5)27(22-15-13-18(2)14-16-22)28(36)33-25-20(4)11-10-12-23(25)32/h10-16,19,21,24,26-27H,9,17H2,1-8H3,(H,33,36)(H,34,38). The fourth-order valence-electron chi connectivity index (χ4n) is 4.62. The van der Waals surface area contributed by atoms with Gasteiger partial charge in [-0.3, -0.25) is 9.59 Å². The van der Waals surface area contributed by atoms with Gasteiger partial charge in [-0.05, 0) is 70.1 Å². The topological polar surface area (TPSA) is 87.7 Å². The van der Waals surface area contributed by atoms with Gasteiger partial charge in [-0.25, -0.2) is 4.79 Å². The number of halogens is 1. The number of nitrogens with one attached hydrogen (secondary N) is 2. The van der Waals surface area contributed by atoms with Crippen LogP contribution in [0.2, 0.25) is 5.02 Å². The van der Waals surface area contributed by atoms with Gasteiger partial charge in [0.15, 0.2) is 0 Å². The Balaban J connectivity index is 2.06. The van der Waals surface area contributed by atoms with Gasteiger partial charge >= 0.3 is 6.09 Å². The second-order valence-corrected chi connectivity index (χ2v) is 12.2. The number of rotatable bonds is 9. The van der Waals surface area contributed by atoms with E-state index < -0.39 is 23.8 Å². The van der Waals surface area contributed by atoms with Crippen LogP contribution in [0.3, 0.4) is 0 Å². The van der Waals surface area contributed by atoms with Crippen LogP contribution in [0.4, 0.5) is 10.5 Å². The van der Waals surface area contributed by atoms with E-state index >= 15 is 0 Å². The zero-order valence-electron chi connectivity index (χ0n) is 24.3. The predicted octanol–water partition coefficient (Wildman–Crippen LogP) is 6.81. The molecule has 2 aromatic rings. The van der Waals surface area contributed by atoms with Crippen molar-refractivity contribution in [2.24, 2.45) is 11.8 Å². The van der Waals surface area contributed by atoms with Gasteiger partial charge in [0.25, 0.3) is 5.91 Å². The SMILES string of the molecule is CCC(C)C(NC(=O)OC(C)(C)C)C(=O)N(C(C(=O)Nc1c(C)cccc1Cl)c1ccc(C)cc1)C1CC1C. The minimum atomic E-state index is -0.921. The van der Waals surface area contributed by atoms with Crippen molar-refractivity contribution in [1.82, 2.24) is 10.2 Å². The van der Waals surface area contributed by atoms with Gasteiger partial charge in [0.05, 0.1) is 10.7 Å². The van der Waals surface area contributed by atoms with Gasteiger partial charge in [-0.1, -0.05) is 80.8 Å². The van der Waals surface area contributed by atoms with E-state index in [1.54, 1.807) is 31.7 Å². The maximum atomic E-state index is 14.4. The lowest BCUT2D eigenvalue weighted by molar-refractivity contribution is -0.142. The first kappa shape index (κ1) is 30.5. The molecule has 2 aromatic carbocycles. The molecule has 1 aliphatic carbocycles. The number of amides is 3. The molecular weight excluding hydrogens is 514 g/mol. The summed E-state index contributed by atoms with van der Waals surface area (Å²) in [6, 6.07) is 11.1. The Labute approximate surface area is 237 Å². The first-order valence-corrected chi connectivity index (χ1v) is 14.1. The molecule has 0 saturated heterocycles. The van der Waals surface area contributed by atoms with Crippen molar-refractivity contribution in [3.8, 4) is 0 Å². The van der Waals surface area contributed by atoms with E-state index in [9.17, 15) is 14.4 Å². The van der Waals surface area contributed by atoms with E-state index in [0.717, 1.165) is 17.5 Å². The Hall–Kier alpha value is -3.06. The quantitative estimate of drug-likeness (QED) is 0.355. The van der Waals surface area contributed by atoms with Crippen molar-refractivity contribution in [3.05, 3.63) is 64.2 Å². The Bertz CT molecular complexity index is 1170. The number of ether oxygens (including phenoxy) is 1. The number of benzene rings is 2. The molecule has 5 atom stereocenters. The summed E-state index contributed by atoms with van der Waals surface area (Å²) in [6.07, 6.45) is 0.764. The molecule has 8 heteroatoms. The van der Waals surface area contributed by atoms with Crippen molar-refractivity contribution in [1.29, 1.82) is 0 Å². The van der Waals surface area contributed by atoms with Crippen molar-refractivity contribution in [3.63, 3.8) is 0 Å². The Morgan fingerprint density at radius 3 is 2.23 bits per heavy atom. The molecule has 7 nitrogen and oxygen atoms in total. The van der Waals surface area contributed by atoms with Crippen molar-refractivity contribution >= 4 is 35.2 Å². The van der Waals surface area contributed by atoms with E-state index in [0.29, 0.717) is 22.7 Å². The van der Waals surface area contributed by atoms with Crippen LogP contribution in [0.25, 0.3) is 0 Å². The van der Waals surface area contributed by atoms with Crippen molar-refractivity contribution in [2.75, 3.05) is 5.32 Å². The van der Waals surface area contributed by atoms with E-state index in [-0.39, 0.29) is 29.7 Å². The van der Waals surface area contributed by atoms with Gasteiger partial charge in [-0.15, -0.1) is 0 Å². The van der Waals surface area contributed by atoms with Crippen LogP contribution in [0, 0.1) is 25.7 Å². The zero-order valence-corrected chi connectivity index (χ0v) is 25.1. The summed E-state index contributed by atoms with van der Waals surface area (Å²) in [5, 5.41) is 6.24. The maximum Gasteiger partial charge on any atom is 0.408 e. The van der Waals surface area contributed by atoms with E-state index in [1.807, 2.05) is 64.1 Å². The maximum absolute atomic E-state index is 14.4. The third kappa shape index (κ3) is 7.75. The largest absolute Gasteiger partial charge is 0.444 e. The molecule has 39 heavy (non-hydrogen) atoms. The molecule has 0 aromatic heterocycles. The lowest BCUT2D eigenvalue weighted by atomic mass is 9.95. The molecule has 0 radical (unpaired) electrons. The molecule has 212 valence electrons. The third-order valence-electron chi connectivity index (χ3n) is 7.22. The molecule has 0 spiro atoms. The molecule has 2 N–H and O–H groups in total. The molecule has 5 unspecified atom stereocenters. The Kier molecular flexibility index (Phi) is 9.70. The molecule has 0 heterocycles. The van der Waals surface area contributed by atoms with Gasteiger partial charge in [0.1, 0.15) is 17.7 Å². The smallest absolute Gasteiger partial charge is 0.408 e. The fraction of sp³-hybridized carbons (Fsp3) is 0.516. The highest BCUT2D eigenvalue weighted by atomic mass is 35.5. The molecule has 0 bridgehead atoms. The molecular formula is C31H42ClN3O4. The number of anilines is 1. The Morgan fingerprint density at radius 1 is 1.10 bits per heavy atom. The molecule has 3 rings (SSSR count). The second kappa shape index (κ2) is 12.4. The first-order valence-electron chi connectivity index (χ1n) is 13.7. The highest BCUT2D eigenvalue weighted by Gasteiger charge is 2.49. The summed E-state index contributed by atoms with van der Waals surface area (Å²) in [5.41, 5.74) is 2.36. The lowest BCUT2D eigenvalue weighted by Crippen LogP contribution is -2.55. The number of para-hydroxylation sites is 1. The van der Waals surface area contributed by atoms with Crippen molar-refractivity contribution < 1.29 is 19.1 Å². The van der Waals surface area contributed by atoms with Crippen LogP contribution in [-0.4, -0.2) is 40.5 Å². The number of aryl methyl sites for hydroxylation is 2. The molecule has 1 saturated carbocycles. The van der Waals surface area contributed by atoms with Crippen LogP contribution in [0.5, 0.6) is 0 Å². The van der Waals surface area contributed by atoms with Crippen LogP contribution in [0.1, 0.15) is 77.1 Å². The normalized spacial score (nSPS) is 18.9.